The zero-order valence-corrected chi connectivity index (χ0v) is 21.5. The Balaban J connectivity index is 2.18. The molecule has 2 amide bonds. The van der Waals surface area contributed by atoms with Gasteiger partial charge in [0, 0.05) is 19.0 Å². The van der Waals surface area contributed by atoms with E-state index in [1.165, 1.54) is 3.11 Å². The van der Waals surface area contributed by atoms with Gasteiger partial charge in [0.05, 0.1) is 32.1 Å². The third-order valence-corrected chi connectivity index (χ3v) is 6.73. The molecule has 1 fully saturated rings. The van der Waals surface area contributed by atoms with Gasteiger partial charge in [0.1, 0.15) is 5.76 Å². The Hall–Kier alpha value is 1.10. The summed E-state index contributed by atoms with van der Waals surface area (Å²) in [4.78, 5) is 24.8. The van der Waals surface area contributed by atoms with Gasteiger partial charge in [-0.25, -0.2) is 3.11 Å². The van der Waals surface area contributed by atoms with Crippen molar-refractivity contribution < 1.29 is 14.3 Å². The minimum atomic E-state index is -0.944. The van der Waals surface area contributed by atoms with Gasteiger partial charge < -0.3 is 15.4 Å². The van der Waals surface area contributed by atoms with Gasteiger partial charge in [0.2, 0.25) is 0 Å². The van der Waals surface area contributed by atoms with Crippen LogP contribution in [0.5, 0.6) is 0 Å². The maximum Gasteiger partial charge on any atom is 0.301 e. The summed E-state index contributed by atoms with van der Waals surface area (Å²) < 4.78 is 6.94. The van der Waals surface area contributed by atoms with Gasteiger partial charge in [-0.15, -0.1) is 0 Å². The highest BCUT2D eigenvalue weighted by atomic mass is 127. The number of hydrogen-bond acceptors (Lipinski definition) is 4. The van der Waals surface area contributed by atoms with Gasteiger partial charge in [-0.1, -0.05) is 6.92 Å². The molecule has 2 N–H and O–H groups in total. The quantitative estimate of drug-likeness (QED) is 0.199. The Kier molecular flexibility index (Phi) is 8.33. The molecule has 0 radical (unpaired) electrons. The van der Waals surface area contributed by atoms with Crippen molar-refractivity contribution in [1.29, 1.82) is 0 Å². The van der Waals surface area contributed by atoms with E-state index in [2.05, 4.69) is 10.6 Å². The summed E-state index contributed by atoms with van der Waals surface area (Å²) in [7, 11) is 0. The van der Waals surface area contributed by atoms with E-state index < -0.39 is 1.61 Å². The third kappa shape index (κ3) is 5.31. The van der Waals surface area contributed by atoms with E-state index in [4.69, 9.17) is 4.74 Å². The number of rotatable bonds is 4. The van der Waals surface area contributed by atoms with Crippen molar-refractivity contribution in [3.8, 4) is 0 Å². The number of ether oxygens (including phenoxy) is 1. The molecule has 0 bridgehead atoms. The summed E-state index contributed by atoms with van der Waals surface area (Å²) in [5.74, 6) is 0.424. The Bertz CT molecular complexity index is 586. The number of carbonyl (C=O) groups is 2. The van der Waals surface area contributed by atoms with E-state index in [0.717, 1.165) is 25.9 Å². The fourth-order valence-electron chi connectivity index (χ4n) is 2.39. The molecule has 2 aliphatic heterocycles. The second-order valence-corrected chi connectivity index (χ2v) is 12.6. The SMILES string of the molecule is CCC1=C(/C=C(\I)C(=O)NC2CCCNC2)N(I)C(=O)C(I)(I)O1. The molecule has 134 valence electrons. The number of piperidine rings is 1. The van der Waals surface area contributed by atoms with Crippen LogP contribution in [-0.4, -0.2) is 35.7 Å². The van der Waals surface area contributed by atoms with Crippen LogP contribution in [0.25, 0.3) is 0 Å². The molecule has 2 aliphatic rings. The Morgan fingerprint density at radius 3 is 2.83 bits per heavy atom. The highest BCUT2D eigenvalue weighted by molar-refractivity contribution is 14.2. The van der Waals surface area contributed by atoms with Crippen LogP contribution in [0.2, 0.25) is 0 Å². The van der Waals surface area contributed by atoms with Gasteiger partial charge in [-0.3, -0.25) is 9.59 Å². The molecule has 2 heterocycles. The third-order valence-electron chi connectivity index (χ3n) is 3.61. The molecular weight excluding hydrogens is 766 g/mol. The van der Waals surface area contributed by atoms with Gasteiger partial charge in [-0.05, 0) is 93.2 Å². The second-order valence-electron chi connectivity index (χ2n) is 5.38. The second kappa shape index (κ2) is 9.34. The predicted molar refractivity (Wildman–Crippen MR) is 126 cm³/mol. The number of allylic oxidation sites excluding steroid dienone is 2. The number of nitrogens with zero attached hydrogens (tertiary/aromatic N) is 1. The lowest BCUT2D eigenvalue weighted by Crippen LogP contribution is -2.45. The van der Waals surface area contributed by atoms with Crippen molar-refractivity contribution in [2.75, 3.05) is 13.1 Å². The zero-order chi connectivity index (χ0) is 17.9. The van der Waals surface area contributed by atoms with Crippen LogP contribution in [0.4, 0.5) is 0 Å². The Morgan fingerprint density at radius 2 is 2.25 bits per heavy atom. The largest absolute Gasteiger partial charge is 0.460 e. The molecule has 6 nitrogen and oxygen atoms in total. The number of nitrogens with one attached hydrogen (secondary N) is 2. The molecule has 0 saturated carbocycles. The Labute approximate surface area is 196 Å². The number of carbonyl (C=O) groups excluding carboxylic acids is 2. The van der Waals surface area contributed by atoms with E-state index in [1.807, 2.05) is 97.6 Å². The van der Waals surface area contributed by atoms with Crippen LogP contribution in [0, 0.1) is 0 Å². The van der Waals surface area contributed by atoms with E-state index in [-0.39, 0.29) is 17.9 Å². The van der Waals surface area contributed by atoms with Gasteiger partial charge in [0.15, 0.2) is 0 Å². The summed E-state index contributed by atoms with van der Waals surface area (Å²) in [5.41, 5.74) is 0.633. The standard InChI is InChI=1S/C14H17I4N3O3/c1-2-11-10(21(18)13(23)14(16,17)24-11)6-9(15)12(22)20-8-4-3-5-19-7-8/h6,8,19H,2-5,7H2,1H3,(H,20,22)/b9-6-. The van der Waals surface area contributed by atoms with E-state index >= 15 is 0 Å². The fraction of sp³-hybridized carbons (Fsp3) is 0.571. The first-order valence-corrected chi connectivity index (χ1v) is 11.7. The molecule has 0 spiro atoms. The maximum absolute atomic E-state index is 12.4. The summed E-state index contributed by atoms with van der Waals surface area (Å²) in [5, 5.41) is 6.31. The van der Waals surface area contributed by atoms with Crippen molar-refractivity contribution in [2.24, 2.45) is 0 Å². The first-order chi connectivity index (χ1) is 11.3. The lowest BCUT2D eigenvalue weighted by atomic mass is 10.1. The lowest BCUT2D eigenvalue weighted by Gasteiger charge is -2.34. The smallest absolute Gasteiger partial charge is 0.301 e. The predicted octanol–water partition coefficient (Wildman–Crippen LogP) is 3.53. The molecule has 24 heavy (non-hydrogen) atoms. The Morgan fingerprint density at radius 1 is 1.54 bits per heavy atom. The van der Waals surface area contributed by atoms with Crippen molar-refractivity contribution >= 4 is 102 Å². The van der Waals surface area contributed by atoms with Crippen LogP contribution in [0.1, 0.15) is 26.2 Å². The molecular formula is C14H17I4N3O3. The van der Waals surface area contributed by atoms with Crippen molar-refractivity contribution in [3.05, 3.63) is 21.1 Å². The minimum Gasteiger partial charge on any atom is -0.460 e. The molecule has 1 unspecified atom stereocenters. The first kappa shape index (κ1) is 21.4. The number of halogens is 4. The monoisotopic (exact) mass is 783 g/mol. The average molecular weight is 783 g/mol. The summed E-state index contributed by atoms with van der Waals surface area (Å²) >= 11 is 7.96. The average Bonchev–Trinajstić information content (AvgIpc) is 2.56. The van der Waals surface area contributed by atoms with Crippen LogP contribution < -0.4 is 10.6 Å². The number of hydrogen-bond donors (Lipinski definition) is 2. The molecule has 0 aromatic heterocycles. The molecule has 2 rings (SSSR count). The van der Waals surface area contributed by atoms with Gasteiger partial charge in [-0.2, -0.15) is 0 Å². The fourth-order valence-corrected chi connectivity index (χ4v) is 5.53. The zero-order valence-electron chi connectivity index (χ0n) is 12.9. The lowest BCUT2D eigenvalue weighted by molar-refractivity contribution is -0.131. The molecule has 1 saturated heterocycles. The van der Waals surface area contributed by atoms with E-state index in [1.54, 1.807) is 6.08 Å². The van der Waals surface area contributed by atoms with Crippen molar-refractivity contribution in [2.45, 2.75) is 33.8 Å². The molecule has 10 heteroatoms. The van der Waals surface area contributed by atoms with Gasteiger partial charge in [0.25, 0.3) is 7.52 Å². The minimum absolute atomic E-state index is 0.120. The highest BCUT2D eigenvalue weighted by Crippen LogP contribution is 2.42. The summed E-state index contributed by atoms with van der Waals surface area (Å²) in [6.07, 6.45) is 4.41. The first-order valence-electron chi connectivity index (χ1n) is 7.45. The maximum atomic E-state index is 12.4. The summed E-state index contributed by atoms with van der Waals surface area (Å²) in [6.45, 7) is 3.77. The van der Waals surface area contributed by atoms with Crippen LogP contribution >= 0.6 is 90.6 Å². The van der Waals surface area contributed by atoms with Crippen molar-refractivity contribution in [1.82, 2.24) is 13.7 Å². The normalized spacial score (nSPS) is 24.7. The van der Waals surface area contributed by atoms with E-state index in [9.17, 15) is 9.59 Å². The molecule has 0 aromatic rings. The van der Waals surface area contributed by atoms with Gasteiger partial charge >= 0.3 is 5.91 Å². The summed E-state index contributed by atoms with van der Waals surface area (Å²) in [6, 6.07) is 0.153. The van der Waals surface area contributed by atoms with Crippen LogP contribution in [0.15, 0.2) is 21.1 Å². The van der Waals surface area contributed by atoms with E-state index in [0.29, 0.717) is 21.5 Å². The van der Waals surface area contributed by atoms with Crippen LogP contribution in [-0.2, 0) is 14.3 Å². The molecule has 0 aliphatic carbocycles. The number of amides is 2. The van der Waals surface area contributed by atoms with Crippen LogP contribution in [0.3, 0.4) is 0 Å². The highest BCUT2D eigenvalue weighted by Gasteiger charge is 2.44. The van der Waals surface area contributed by atoms with Crippen molar-refractivity contribution in [3.63, 3.8) is 0 Å². The molecule has 1 atom stereocenters. The molecule has 0 aromatic carbocycles. The topological polar surface area (TPSA) is 70.7 Å². The number of alkyl halides is 2.